The van der Waals surface area contributed by atoms with Gasteiger partial charge in [0.05, 0.1) is 23.2 Å². The number of benzene rings is 1. The first-order chi connectivity index (χ1) is 10.4. The van der Waals surface area contributed by atoms with Crippen molar-refractivity contribution in [1.82, 2.24) is 14.9 Å². The van der Waals surface area contributed by atoms with Crippen LogP contribution in [0.1, 0.15) is 22.8 Å². The normalized spacial score (nSPS) is 13.6. The van der Waals surface area contributed by atoms with Crippen molar-refractivity contribution in [2.24, 2.45) is 0 Å². The Morgan fingerprint density at radius 3 is 2.91 bits per heavy atom. The van der Waals surface area contributed by atoms with E-state index >= 15 is 0 Å². The van der Waals surface area contributed by atoms with Gasteiger partial charge in [-0.1, -0.05) is 11.6 Å². The Labute approximate surface area is 134 Å². The number of nitrogens with one attached hydrogen (secondary N) is 1. The fourth-order valence-corrected chi connectivity index (χ4v) is 2.91. The van der Waals surface area contributed by atoms with Gasteiger partial charge < -0.3 is 15.0 Å². The van der Waals surface area contributed by atoms with E-state index in [1.165, 1.54) is 0 Å². The van der Waals surface area contributed by atoms with E-state index in [0.717, 1.165) is 11.3 Å². The Bertz CT molecular complexity index is 639. The molecule has 0 spiro atoms. The number of hydrogen-bond acceptors (Lipinski definition) is 4. The second-order valence-corrected chi connectivity index (χ2v) is 6.47. The summed E-state index contributed by atoms with van der Waals surface area (Å²) in [5, 5.41) is 13.0. The fraction of sp³-hybridized carbons (Fsp3) is 0.375. The van der Waals surface area contributed by atoms with Crippen LogP contribution in [0, 0.1) is 6.92 Å². The fourth-order valence-electron chi connectivity index (χ4n) is 2.19. The van der Waals surface area contributed by atoms with Gasteiger partial charge in [0.2, 0.25) is 0 Å². The smallest absolute Gasteiger partial charge is 0.253 e. The molecule has 0 saturated heterocycles. The molecule has 1 aromatic heterocycles. The molecule has 1 amide bonds. The van der Waals surface area contributed by atoms with Gasteiger partial charge in [-0.25, -0.2) is 4.98 Å². The summed E-state index contributed by atoms with van der Waals surface area (Å²) in [5.74, 6) is 0.365. The summed E-state index contributed by atoms with van der Waals surface area (Å²) in [5.41, 5.74) is 1.42. The molecule has 0 aliphatic carbocycles. The standard InChI is InChI=1S/C16H21N3O2S/c1-12-4-5-14(19-7-6-17-11-19)13(8-12)15(20)18-9-16(2,21)10-22-3/h4-8,11,21H,9-10H2,1-3H3,(H,18,20). The maximum Gasteiger partial charge on any atom is 0.253 e. The minimum atomic E-state index is -0.923. The first-order valence-corrected chi connectivity index (χ1v) is 8.41. The van der Waals surface area contributed by atoms with E-state index in [1.54, 1.807) is 42.0 Å². The molecular formula is C16H21N3O2S. The molecule has 0 bridgehead atoms. The number of nitrogens with zero attached hydrogens (tertiary/aromatic N) is 2. The van der Waals surface area contributed by atoms with Crippen molar-refractivity contribution >= 4 is 17.7 Å². The summed E-state index contributed by atoms with van der Waals surface area (Å²) in [6, 6.07) is 5.69. The Morgan fingerprint density at radius 2 is 2.27 bits per heavy atom. The number of rotatable bonds is 6. The van der Waals surface area contributed by atoms with Crippen LogP contribution in [0.3, 0.4) is 0 Å². The maximum absolute atomic E-state index is 12.5. The van der Waals surface area contributed by atoms with Crippen LogP contribution < -0.4 is 5.32 Å². The Hall–Kier alpha value is -1.79. The number of aryl methyl sites for hydroxylation is 1. The van der Waals surface area contributed by atoms with Gasteiger partial charge >= 0.3 is 0 Å². The lowest BCUT2D eigenvalue weighted by molar-refractivity contribution is 0.0725. The van der Waals surface area contributed by atoms with Crippen LogP contribution in [0.5, 0.6) is 0 Å². The summed E-state index contributed by atoms with van der Waals surface area (Å²) in [4.78, 5) is 16.5. The third kappa shape index (κ3) is 4.11. The molecule has 2 N–H and O–H groups in total. The average molecular weight is 319 g/mol. The number of aromatic nitrogens is 2. The van der Waals surface area contributed by atoms with Crippen molar-refractivity contribution in [1.29, 1.82) is 0 Å². The molecule has 1 heterocycles. The third-order valence-electron chi connectivity index (χ3n) is 3.26. The summed E-state index contributed by atoms with van der Waals surface area (Å²) >= 11 is 1.55. The molecule has 2 rings (SSSR count). The molecule has 1 aromatic carbocycles. The molecule has 5 nitrogen and oxygen atoms in total. The second kappa shape index (κ2) is 6.98. The van der Waals surface area contributed by atoms with Gasteiger partial charge in [0.1, 0.15) is 0 Å². The molecule has 0 saturated carbocycles. The molecule has 0 radical (unpaired) electrons. The lowest BCUT2D eigenvalue weighted by atomic mass is 10.1. The number of aliphatic hydroxyl groups is 1. The molecule has 118 valence electrons. The van der Waals surface area contributed by atoms with Gasteiger partial charge in [0.25, 0.3) is 5.91 Å². The third-order valence-corrected chi connectivity index (χ3v) is 4.17. The van der Waals surface area contributed by atoms with Gasteiger partial charge in [0, 0.05) is 24.7 Å². The van der Waals surface area contributed by atoms with Crippen LogP contribution in [0.2, 0.25) is 0 Å². The number of carbonyl (C=O) groups is 1. The van der Waals surface area contributed by atoms with Crippen LogP contribution in [-0.2, 0) is 0 Å². The highest BCUT2D eigenvalue weighted by Gasteiger charge is 2.22. The van der Waals surface area contributed by atoms with E-state index in [1.807, 2.05) is 31.4 Å². The van der Waals surface area contributed by atoms with Crippen LogP contribution in [0.4, 0.5) is 0 Å². The number of carbonyl (C=O) groups excluding carboxylic acids is 1. The van der Waals surface area contributed by atoms with Crippen LogP contribution in [0.15, 0.2) is 36.9 Å². The predicted molar refractivity (Wildman–Crippen MR) is 89.6 cm³/mol. The van der Waals surface area contributed by atoms with Gasteiger partial charge in [-0.05, 0) is 32.2 Å². The SMILES string of the molecule is CSCC(C)(O)CNC(=O)c1cc(C)ccc1-n1ccnc1. The molecule has 2 aromatic rings. The Kier molecular flexibility index (Phi) is 5.26. The van der Waals surface area contributed by atoms with E-state index in [9.17, 15) is 9.90 Å². The minimum Gasteiger partial charge on any atom is -0.387 e. The van der Waals surface area contributed by atoms with Gasteiger partial charge in [0.15, 0.2) is 0 Å². The van der Waals surface area contributed by atoms with Gasteiger partial charge in [-0.15, -0.1) is 0 Å². The molecule has 1 atom stereocenters. The van der Waals surface area contributed by atoms with Crippen LogP contribution >= 0.6 is 11.8 Å². The van der Waals surface area contributed by atoms with Crippen molar-refractivity contribution in [3.8, 4) is 5.69 Å². The highest BCUT2D eigenvalue weighted by molar-refractivity contribution is 7.98. The van der Waals surface area contributed by atoms with Crippen molar-refractivity contribution in [2.45, 2.75) is 19.4 Å². The Morgan fingerprint density at radius 1 is 1.50 bits per heavy atom. The van der Waals surface area contributed by atoms with E-state index < -0.39 is 5.60 Å². The van der Waals surface area contributed by atoms with E-state index in [2.05, 4.69) is 10.3 Å². The highest BCUT2D eigenvalue weighted by Crippen LogP contribution is 2.17. The summed E-state index contributed by atoms with van der Waals surface area (Å²) in [6.07, 6.45) is 7.05. The van der Waals surface area contributed by atoms with Crippen LogP contribution in [0.25, 0.3) is 5.69 Å². The summed E-state index contributed by atoms with van der Waals surface area (Å²) < 4.78 is 1.80. The quantitative estimate of drug-likeness (QED) is 0.855. The largest absolute Gasteiger partial charge is 0.387 e. The summed E-state index contributed by atoms with van der Waals surface area (Å²) in [6.45, 7) is 3.87. The second-order valence-electron chi connectivity index (χ2n) is 5.60. The monoisotopic (exact) mass is 319 g/mol. The molecule has 0 aliphatic rings. The van der Waals surface area contributed by atoms with E-state index in [4.69, 9.17) is 0 Å². The van der Waals surface area contributed by atoms with Gasteiger partial charge in [-0.2, -0.15) is 11.8 Å². The molecule has 22 heavy (non-hydrogen) atoms. The average Bonchev–Trinajstić information content (AvgIpc) is 2.98. The first kappa shape index (κ1) is 16.6. The van der Waals surface area contributed by atoms with Crippen molar-refractivity contribution in [2.75, 3.05) is 18.6 Å². The van der Waals surface area contributed by atoms with Crippen molar-refractivity contribution in [3.63, 3.8) is 0 Å². The van der Waals surface area contributed by atoms with Crippen LogP contribution in [-0.4, -0.2) is 44.7 Å². The molecule has 0 fully saturated rings. The number of imidazole rings is 1. The molecule has 6 heteroatoms. The molecule has 1 unspecified atom stereocenters. The zero-order chi connectivity index (χ0) is 16.2. The number of thioether (sulfide) groups is 1. The molecule has 0 aliphatic heterocycles. The molecular weight excluding hydrogens is 298 g/mol. The zero-order valence-corrected chi connectivity index (χ0v) is 13.9. The Balaban J connectivity index is 2.21. The summed E-state index contributed by atoms with van der Waals surface area (Å²) in [7, 11) is 0. The zero-order valence-electron chi connectivity index (χ0n) is 13.0. The van der Waals surface area contributed by atoms with E-state index in [0.29, 0.717) is 11.3 Å². The minimum absolute atomic E-state index is 0.200. The predicted octanol–water partition coefficient (Wildman–Crippen LogP) is 2.02. The van der Waals surface area contributed by atoms with Crippen molar-refractivity contribution in [3.05, 3.63) is 48.0 Å². The lowest BCUT2D eigenvalue weighted by Crippen LogP contribution is -2.42. The van der Waals surface area contributed by atoms with Gasteiger partial charge in [-0.3, -0.25) is 4.79 Å². The maximum atomic E-state index is 12.5. The van der Waals surface area contributed by atoms with Crippen molar-refractivity contribution < 1.29 is 9.90 Å². The van der Waals surface area contributed by atoms with E-state index in [-0.39, 0.29) is 12.5 Å². The highest BCUT2D eigenvalue weighted by atomic mass is 32.2. The topological polar surface area (TPSA) is 67.2 Å². The first-order valence-electron chi connectivity index (χ1n) is 7.01. The number of amides is 1. The number of hydrogen-bond donors (Lipinski definition) is 2. The lowest BCUT2D eigenvalue weighted by Gasteiger charge is -2.23.